The fraction of sp³-hybridized carbons (Fsp3) is 0.611. The fourth-order valence-corrected chi connectivity index (χ4v) is 3.31. The van der Waals surface area contributed by atoms with E-state index in [9.17, 15) is 9.18 Å². The van der Waals surface area contributed by atoms with Gasteiger partial charge >= 0.3 is 0 Å². The Morgan fingerprint density at radius 3 is 2.35 bits per heavy atom. The van der Waals surface area contributed by atoms with Gasteiger partial charge in [-0.1, -0.05) is 38.3 Å². The van der Waals surface area contributed by atoms with Crippen molar-refractivity contribution in [3.05, 3.63) is 35.6 Å². The lowest BCUT2D eigenvalue weighted by Gasteiger charge is -2.36. The third-order valence-electron chi connectivity index (χ3n) is 4.55. The molecule has 0 aromatic heterocycles. The van der Waals surface area contributed by atoms with Gasteiger partial charge in [0.1, 0.15) is 5.82 Å². The zero-order chi connectivity index (χ0) is 15.8. The standard InChI is InChI=1S/C18H27FN2O.ClH/c1-2-12-20-13-14-21-17(22)18(10-4-3-5-11-18)15-6-8-16(19)9-7-15;/h6-9,20H,2-5,10-14H2,1H3,(H,21,22);1H. The number of amides is 1. The molecular weight excluding hydrogens is 315 g/mol. The minimum absolute atomic E-state index is 0. The number of benzene rings is 1. The number of carbonyl (C=O) groups is 1. The maximum Gasteiger partial charge on any atom is 0.230 e. The average Bonchev–Trinajstić information content (AvgIpc) is 2.55. The maximum absolute atomic E-state index is 13.2. The Balaban J connectivity index is 0.00000264. The quantitative estimate of drug-likeness (QED) is 0.744. The molecule has 5 heteroatoms. The van der Waals surface area contributed by atoms with Crippen molar-refractivity contribution in [2.45, 2.75) is 50.9 Å². The number of carbonyl (C=O) groups excluding carboxylic acids is 1. The third-order valence-corrected chi connectivity index (χ3v) is 4.55. The van der Waals surface area contributed by atoms with E-state index in [0.29, 0.717) is 6.54 Å². The summed E-state index contributed by atoms with van der Waals surface area (Å²) in [6.07, 6.45) is 6.08. The van der Waals surface area contributed by atoms with Crippen molar-refractivity contribution in [3.8, 4) is 0 Å². The van der Waals surface area contributed by atoms with Gasteiger partial charge in [-0.15, -0.1) is 12.4 Å². The summed E-state index contributed by atoms with van der Waals surface area (Å²) in [6.45, 7) is 4.52. The molecule has 23 heavy (non-hydrogen) atoms. The van der Waals surface area contributed by atoms with E-state index >= 15 is 0 Å². The number of rotatable bonds is 7. The van der Waals surface area contributed by atoms with Gasteiger partial charge in [-0.25, -0.2) is 4.39 Å². The lowest BCUT2D eigenvalue weighted by molar-refractivity contribution is -0.128. The van der Waals surface area contributed by atoms with E-state index in [2.05, 4.69) is 17.6 Å². The van der Waals surface area contributed by atoms with Gasteiger partial charge in [-0.05, 0) is 43.5 Å². The van der Waals surface area contributed by atoms with E-state index in [-0.39, 0.29) is 24.1 Å². The van der Waals surface area contributed by atoms with E-state index in [0.717, 1.165) is 50.8 Å². The van der Waals surface area contributed by atoms with Crippen LogP contribution >= 0.6 is 12.4 Å². The van der Waals surface area contributed by atoms with E-state index in [4.69, 9.17) is 0 Å². The van der Waals surface area contributed by atoms with Gasteiger partial charge in [-0.3, -0.25) is 4.79 Å². The van der Waals surface area contributed by atoms with Crippen molar-refractivity contribution in [3.63, 3.8) is 0 Å². The smallest absolute Gasteiger partial charge is 0.230 e. The summed E-state index contributed by atoms with van der Waals surface area (Å²) in [5, 5.41) is 6.36. The molecule has 3 nitrogen and oxygen atoms in total. The SMILES string of the molecule is CCCNCCNC(=O)C1(c2ccc(F)cc2)CCCCC1.Cl. The Morgan fingerprint density at radius 1 is 1.09 bits per heavy atom. The lowest BCUT2D eigenvalue weighted by atomic mass is 9.68. The van der Waals surface area contributed by atoms with E-state index < -0.39 is 5.41 Å². The normalized spacial score (nSPS) is 16.4. The molecule has 1 aromatic carbocycles. The van der Waals surface area contributed by atoms with Crippen LogP contribution in [0.1, 0.15) is 51.0 Å². The van der Waals surface area contributed by atoms with Crippen LogP contribution < -0.4 is 10.6 Å². The Morgan fingerprint density at radius 2 is 1.74 bits per heavy atom. The highest BCUT2D eigenvalue weighted by Crippen LogP contribution is 2.39. The highest BCUT2D eigenvalue weighted by atomic mass is 35.5. The topological polar surface area (TPSA) is 41.1 Å². The average molecular weight is 343 g/mol. The van der Waals surface area contributed by atoms with Gasteiger partial charge in [0, 0.05) is 13.1 Å². The van der Waals surface area contributed by atoms with E-state index in [1.54, 1.807) is 12.1 Å². The van der Waals surface area contributed by atoms with Crippen LogP contribution in [-0.2, 0) is 10.2 Å². The second-order valence-corrected chi connectivity index (χ2v) is 6.16. The van der Waals surface area contributed by atoms with E-state index in [1.165, 1.54) is 18.6 Å². The fourth-order valence-electron chi connectivity index (χ4n) is 3.31. The number of hydrogen-bond acceptors (Lipinski definition) is 2. The largest absolute Gasteiger partial charge is 0.354 e. The highest BCUT2D eigenvalue weighted by molar-refractivity contribution is 5.88. The van der Waals surface area contributed by atoms with Gasteiger partial charge in [0.15, 0.2) is 0 Å². The van der Waals surface area contributed by atoms with Gasteiger partial charge < -0.3 is 10.6 Å². The lowest BCUT2D eigenvalue weighted by Crippen LogP contribution is -2.47. The predicted octanol–water partition coefficient (Wildman–Crippen LogP) is 3.57. The molecule has 1 fully saturated rings. The molecule has 0 saturated heterocycles. The summed E-state index contributed by atoms with van der Waals surface area (Å²) >= 11 is 0. The highest BCUT2D eigenvalue weighted by Gasteiger charge is 2.40. The van der Waals surface area contributed by atoms with Gasteiger partial charge in [0.05, 0.1) is 5.41 Å². The molecule has 1 aliphatic rings. The molecule has 1 amide bonds. The van der Waals surface area contributed by atoms with Crippen LogP contribution in [0.3, 0.4) is 0 Å². The first-order chi connectivity index (χ1) is 10.7. The van der Waals surface area contributed by atoms with Crippen molar-refractivity contribution in [1.29, 1.82) is 0 Å². The minimum Gasteiger partial charge on any atom is -0.354 e. The van der Waals surface area contributed by atoms with Crippen molar-refractivity contribution in [2.75, 3.05) is 19.6 Å². The van der Waals surface area contributed by atoms with Crippen LogP contribution in [0, 0.1) is 5.82 Å². The first kappa shape index (κ1) is 19.9. The summed E-state index contributed by atoms with van der Waals surface area (Å²) in [5.41, 5.74) is 0.476. The van der Waals surface area contributed by atoms with Crippen molar-refractivity contribution < 1.29 is 9.18 Å². The number of halogens is 2. The molecule has 1 saturated carbocycles. The summed E-state index contributed by atoms with van der Waals surface area (Å²) in [5.74, 6) is -0.156. The summed E-state index contributed by atoms with van der Waals surface area (Å²) in [7, 11) is 0. The van der Waals surface area contributed by atoms with Crippen LogP contribution in [0.2, 0.25) is 0 Å². The summed E-state index contributed by atoms with van der Waals surface area (Å²) < 4.78 is 13.2. The van der Waals surface area contributed by atoms with Crippen molar-refractivity contribution in [1.82, 2.24) is 10.6 Å². The molecular formula is C18H28ClFN2O. The Hall–Kier alpha value is -1.13. The van der Waals surface area contributed by atoms with Gasteiger partial charge in [0.25, 0.3) is 0 Å². The second kappa shape index (κ2) is 9.89. The molecule has 0 radical (unpaired) electrons. The van der Waals surface area contributed by atoms with Crippen LogP contribution in [0.5, 0.6) is 0 Å². The zero-order valence-corrected chi connectivity index (χ0v) is 14.7. The summed E-state index contributed by atoms with van der Waals surface area (Å²) in [6, 6.07) is 6.47. The molecule has 2 rings (SSSR count). The molecule has 0 aliphatic heterocycles. The number of hydrogen-bond donors (Lipinski definition) is 2. The molecule has 1 aliphatic carbocycles. The van der Waals surface area contributed by atoms with Crippen LogP contribution in [0.15, 0.2) is 24.3 Å². The van der Waals surface area contributed by atoms with E-state index in [1.807, 2.05) is 0 Å². The first-order valence-corrected chi connectivity index (χ1v) is 8.44. The molecule has 0 heterocycles. The molecule has 130 valence electrons. The zero-order valence-electron chi connectivity index (χ0n) is 13.9. The number of nitrogens with one attached hydrogen (secondary N) is 2. The van der Waals surface area contributed by atoms with Gasteiger partial charge in [0.2, 0.25) is 5.91 Å². The summed E-state index contributed by atoms with van der Waals surface area (Å²) in [4.78, 5) is 12.8. The third kappa shape index (κ3) is 5.18. The van der Waals surface area contributed by atoms with Crippen molar-refractivity contribution in [2.24, 2.45) is 0 Å². The molecule has 0 atom stereocenters. The van der Waals surface area contributed by atoms with Crippen LogP contribution in [-0.4, -0.2) is 25.5 Å². The molecule has 0 unspecified atom stereocenters. The molecule has 1 aromatic rings. The van der Waals surface area contributed by atoms with Gasteiger partial charge in [-0.2, -0.15) is 0 Å². The molecule has 2 N–H and O–H groups in total. The predicted molar refractivity (Wildman–Crippen MR) is 94.6 cm³/mol. The molecule has 0 spiro atoms. The Bertz CT molecular complexity index is 472. The van der Waals surface area contributed by atoms with Crippen LogP contribution in [0.4, 0.5) is 4.39 Å². The molecule has 0 bridgehead atoms. The Labute approximate surface area is 144 Å². The van der Waals surface area contributed by atoms with Crippen LogP contribution in [0.25, 0.3) is 0 Å². The Kier molecular flexibility index (Phi) is 8.56. The first-order valence-electron chi connectivity index (χ1n) is 8.44. The minimum atomic E-state index is -0.475. The second-order valence-electron chi connectivity index (χ2n) is 6.16. The van der Waals surface area contributed by atoms with Crippen molar-refractivity contribution >= 4 is 18.3 Å². The monoisotopic (exact) mass is 342 g/mol. The maximum atomic E-state index is 13.2.